The van der Waals surface area contributed by atoms with Gasteiger partial charge in [-0.15, -0.1) is 0 Å². The van der Waals surface area contributed by atoms with Gasteiger partial charge in [0.25, 0.3) is 5.91 Å². The van der Waals surface area contributed by atoms with Crippen LogP contribution in [0.15, 0.2) is 24.3 Å². The average molecular weight is 370 g/mol. The predicted molar refractivity (Wildman–Crippen MR) is 93.4 cm³/mol. The van der Waals surface area contributed by atoms with Crippen molar-refractivity contribution in [2.45, 2.75) is 43.4 Å². The highest BCUT2D eigenvalue weighted by Gasteiger charge is 2.45. The van der Waals surface area contributed by atoms with Gasteiger partial charge in [-0.3, -0.25) is 4.79 Å². The Morgan fingerprint density at radius 2 is 1.76 bits per heavy atom. The summed E-state index contributed by atoms with van der Waals surface area (Å²) in [4.78, 5) is 25.2. The molecule has 0 aromatic heterocycles. The molecule has 0 radical (unpaired) electrons. The second-order valence-corrected chi connectivity index (χ2v) is 6.60. The molecule has 1 saturated carbocycles. The fraction of sp³-hybridized carbons (Fsp3) is 0.556. The summed E-state index contributed by atoms with van der Waals surface area (Å²) in [6.07, 6.45) is 1.51. The van der Waals surface area contributed by atoms with E-state index in [0.717, 1.165) is 0 Å². The summed E-state index contributed by atoms with van der Waals surface area (Å²) in [6, 6.07) is 6.83. The van der Waals surface area contributed by atoms with Crippen LogP contribution >= 0.6 is 11.6 Å². The summed E-state index contributed by atoms with van der Waals surface area (Å²) in [5.41, 5.74) is -0.389. The molecule has 6 nitrogen and oxygen atoms in total. The molecule has 25 heavy (non-hydrogen) atoms. The number of hydrogen-bond donors (Lipinski definition) is 1. The van der Waals surface area contributed by atoms with Crippen LogP contribution < -0.4 is 5.32 Å². The number of hydrogen-bond acceptors (Lipinski definition) is 5. The highest BCUT2D eigenvalue weighted by molar-refractivity contribution is 6.30. The zero-order valence-corrected chi connectivity index (χ0v) is 15.5. The fourth-order valence-electron chi connectivity index (χ4n) is 3.23. The van der Waals surface area contributed by atoms with Crippen LogP contribution in [0, 0.1) is 0 Å². The van der Waals surface area contributed by atoms with Crippen molar-refractivity contribution in [3.05, 3.63) is 34.9 Å². The lowest BCUT2D eigenvalue weighted by Crippen LogP contribution is -2.58. The number of halogens is 1. The summed E-state index contributed by atoms with van der Waals surface area (Å²) >= 11 is 5.89. The summed E-state index contributed by atoms with van der Waals surface area (Å²) in [5, 5.41) is 3.44. The molecule has 0 saturated heterocycles. The number of methoxy groups -OCH3 is 3. The molecule has 1 unspecified atom stereocenters. The number of rotatable bonds is 6. The van der Waals surface area contributed by atoms with Crippen LogP contribution in [0.2, 0.25) is 5.02 Å². The van der Waals surface area contributed by atoms with E-state index >= 15 is 0 Å². The van der Waals surface area contributed by atoms with E-state index in [0.29, 0.717) is 36.3 Å². The summed E-state index contributed by atoms with van der Waals surface area (Å²) < 4.78 is 15.6. The second-order valence-electron chi connectivity index (χ2n) is 6.17. The Balaban J connectivity index is 2.18. The van der Waals surface area contributed by atoms with Crippen molar-refractivity contribution in [3.8, 4) is 0 Å². The molecule has 1 atom stereocenters. The third kappa shape index (κ3) is 4.51. The molecule has 7 heteroatoms. The number of carbonyl (C=O) groups is 2. The summed E-state index contributed by atoms with van der Waals surface area (Å²) in [7, 11) is 4.42. The van der Waals surface area contributed by atoms with Gasteiger partial charge in [-0.2, -0.15) is 0 Å². The molecular formula is C18H24ClNO5. The lowest BCUT2D eigenvalue weighted by molar-refractivity contribution is -0.155. The van der Waals surface area contributed by atoms with E-state index in [4.69, 9.17) is 25.8 Å². The van der Waals surface area contributed by atoms with Gasteiger partial charge in [0.2, 0.25) is 0 Å². The van der Waals surface area contributed by atoms with Gasteiger partial charge in [-0.1, -0.05) is 23.7 Å². The van der Waals surface area contributed by atoms with Crippen molar-refractivity contribution >= 4 is 23.5 Å². The lowest BCUT2D eigenvalue weighted by Gasteiger charge is -2.38. The maximum atomic E-state index is 12.8. The molecule has 1 N–H and O–H groups in total. The van der Waals surface area contributed by atoms with E-state index in [2.05, 4.69) is 5.32 Å². The zero-order chi connectivity index (χ0) is 18.4. The topological polar surface area (TPSA) is 73.9 Å². The van der Waals surface area contributed by atoms with Crippen molar-refractivity contribution in [1.82, 2.24) is 5.32 Å². The monoisotopic (exact) mass is 369 g/mol. The van der Waals surface area contributed by atoms with Gasteiger partial charge in [0.1, 0.15) is 5.54 Å². The van der Waals surface area contributed by atoms with E-state index in [1.54, 1.807) is 31.4 Å². The van der Waals surface area contributed by atoms with Crippen LogP contribution in [0.25, 0.3) is 0 Å². The van der Waals surface area contributed by atoms with Gasteiger partial charge in [-0.25, -0.2) is 4.79 Å². The standard InChI is InChI=1S/C18H24ClNO5/c1-23-14-8-10-18(11-9-14,17(22)25-3)20-16(21)15(24-2)12-4-6-13(19)7-5-12/h4-7,14-15H,8-11H2,1-3H3,(H,20,21). The molecule has 2 rings (SSSR count). The summed E-state index contributed by atoms with van der Waals surface area (Å²) in [6.45, 7) is 0. The Hall–Kier alpha value is -1.63. The van der Waals surface area contributed by atoms with Gasteiger partial charge < -0.3 is 19.5 Å². The maximum absolute atomic E-state index is 12.8. The zero-order valence-electron chi connectivity index (χ0n) is 14.7. The van der Waals surface area contributed by atoms with Crippen LogP contribution in [0.4, 0.5) is 0 Å². The molecule has 1 aliphatic rings. The molecule has 0 spiro atoms. The highest BCUT2D eigenvalue weighted by atomic mass is 35.5. The number of ether oxygens (including phenoxy) is 3. The maximum Gasteiger partial charge on any atom is 0.331 e. The molecule has 138 valence electrons. The van der Waals surface area contributed by atoms with E-state index in [1.165, 1.54) is 14.2 Å². The van der Waals surface area contributed by atoms with Crippen LogP contribution in [0.3, 0.4) is 0 Å². The minimum absolute atomic E-state index is 0.0872. The van der Waals surface area contributed by atoms with Gasteiger partial charge in [0.15, 0.2) is 6.10 Å². The first-order valence-electron chi connectivity index (χ1n) is 8.17. The third-order valence-electron chi connectivity index (χ3n) is 4.70. The van der Waals surface area contributed by atoms with E-state index in [1.807, 2.05) is 0 Å². The number of esters is 1. The molecule has 1 amide bonds. The highest BCUT2D eigenvalue weighted by Crippen LogP contribution is 2.32. The Bertz CT molecular complexity index is 596. The largest absolute Gasteiger partial charge is 0.467 e. The Labute approximate surface area is 152 Å². The lowest BCUT2D eigenvalue weighted by atomic mass is 9.80. The van der Waals surface area contributed by atoms with Crippen LogP contribution in [-0.4, -0.2) is 44.8 Å². The van der Waals surface area contributed by atoms with E-state index < -0.39 is 17.6 Å². The average Bonchev–Trinajstić information content (AvgIpc) is 2.63. The van der Waals surface area contributed by atoms with Crippen molar-refractivity contribution in [1.29, 1.82) is 0 Å². The fourth-order valence-corrected chi connectivity index (χ4v) is 3.35. The SMILES string of the molecule is COC(=O)C1(NC(=O)C(OC)c2ccc(Cl)cc2)CCC(OC)CC1. The number of carbonyl (C=O) groups excluding carboxylic acids is 2. The first-order chi connectivity index (χ1) is 12.0. The van der Waals surface area contributed by atoms with Crippen molar-refractivity contribution in [3.63, 3.8) is 0 Å². The number of nitrogens with one attached hydrogen (secondary N) is 1. The first-order valence-corrected chi connectivity index (χ1v) is 8.55. The van der Waals surface area contributed by atoms with Gasteiger partial charge in [-0.05, 0) is 43.4 Å². The normalized spacial score (nSPS) is 24.4. The Morgan fingerprint density at radius 3 is 2.24 bits per heavy atom. The van der Waals surface area contributed by atoms with Crippen LogP contribution in [0.5, 0.6) is 0 Å². The molecule has 1 aromatic rings. The smallest absolute Gasteiger partial charge is 0.331 e. The van der Waals surface area contributed by atoms with E-state index in [-0.39, 0.29) is 12.0 Å². The van der Waals surface area contributed by atoms with Gasteiger partial charge in [0.05, 0.1) is 13.2 Å². The molecule has 0 aliphatic heterocycles. The van der Waals surface area contributed by atoms with Gasteiger partial charge >= 0.3 is 5.97 Å². The van der Waals surface area contributed by atoms with Crippen molar-refractivity contribution in [2.75, 3.05) is 21.3 Å². The van der Waals surface area contributed by atoms with Crippen molar-refractivity contribution < 1.29 is 23.8 Å². The Morgan fingerprint density at radius 1 is 1.16 bits per heavy atom. The first kappa shape index (κ1) is 19.7. The second kappa shape index (κ2) is 8.65. The van der Waals surface area contributed by atoms with Crippen LogP contribution in [0.1, 0.15) is 37.4 Å². The number of benzene rings is 1. The Kier molecular flexibility index (Phi) is 6.81. The summed E-state index contributed by atoms with van der Waals surface area (Å²) in [5.74, 6) is -0.826. The minimum atomic E-state index is -1.05. The number of amides is 1. The minimum Gasteiger partial charge on any atom is -0.467 e. The van der Waals surface area contributed by atoms with Crippen LogP contribution in [-0.2, 0) is 23.8 Å². The molecule has 0 bridgehead atoms. The molecule has 0 heterocycles. The van der Waals surface area contributed by atoms with Crippen molar-refractivity contribution in [2.24, 2.45) is 0 Å². The molecular weight excluding hydrogens is 346 g/mol. The molecule has 1 aromatic carbocycles. The third-order valence-corrected chi connectivity index (χ3v) is 4.96. The molecule has 1 fully saturated rings. The predicted octanol–water partition coefficient (Wildman–Crippen LogP) is 2.64. The van der Waals surface area contributed by atoms with Gasteiger partial charge in [0, 0.05) is 19.2 Å². The quantitative estimate of drug-likeness (QED) is 0.780. The molecule has 1 aliphatic carbocycles. The van der Waals surface area contributed by atoms with E-state index in [9.17, 15) is 9.59 Å².